The molecular formula is C12H18N2. The van der Waals surface area contributed by atoms with Gasteiger partial charge in [0.2, 0.25) is 0 Å². The van der Waals surface area contributed by atoms with Gasteiger partial charge in [-0.2, -0.15) is 0 Å². The van der Waals surface area contributed by atoms with Crippen LogP contribution in [0.3, 0.4) is 0 Å². The van der Waals surface area contributed by atoms with Crippen molar-refractivity contribution in [2.75, 3.05) is 0 Å². The van der Waals surface area contributed by atoms with Gasteiger partial charge >= 0.3 is 0 Å². The lowest BCUT2D eigenvalue weighted by Gasteiger charge is -2.43. The highest BCUT2D eigenvalue weighted by Gasteiger charge is 2.35. The molecule has 0 amide bonds. The third-order valence-corrected chi connectivity index (χ3v) is 2.94. The van der Waals surface area contributed by atoms with Crippen LogP contribution in [0.2, 0.25) is 0 Å². The van der Waals surface area contributed by atoms with E-state index in [1.807, 2.05) is 12.4 Å². The second-order valence-corrected chi connectivity index (χ2v) is 5.01. The molecule has 1 aliphatic rings. The molecule has 1 aromatic heterocycles. The summed E-state index contributed by atoms with van der Waals surface area (Å²) in [6.07, 6.45) is 6.31. The molecule has 0 atom stereocenters. The van der Waals surface area contributed by atoms with Gasteiger partial charge in [-0.3, -0.25) is 4.98 Å². The molecule has 0 unspecified atom stereocenters. The lowest BCUT2D eigenvalue weighted by molar-refractivity contribution is 0.125. The largest absolute Gasteiger partial charge is 0.310 e. The van der Waals surface area contributed by atoms with Gasteiger partial charge in [0.25, 0.3) is 0 Å². The van der Waals surface area contributed by atoms with Crippen LogP contribution in [0.15, 0.2) is 24.5 Å². The Morgan fingerprint density at radius 1 is 1.36 bits per heavy atom. The van der Waals surface area contributed by atoms with Crippen molar-refractivity contribution in [3.63, 3.8) is 0 Å². The standard InChI is InChI=1S/C12H18N2/c1-12(2)7-11(8-12)14-9-10-3-5-13-6-4-10/h3-6,11,14H,7-9H2,1-2H3. The minimum atomic E-state index is 0.565. The second-order valence-electron chi connectivity index (χ2n) is 5.01. The summed E-state index contributed by atoms with van der Waals surface area (Å²) in [6, 6.07) is 4.85. The maximum atomic E-state index is 4.00. The van der Waals surface area contributed by atoms with Gasteiger partial charge in [-0.25, -0.2) is 0 Å². The van der Waals surface area contributed by atoms with Gasteiger partial charge in [0, 0.05) is 25.0 Å². The van der Waals surface area contributed by atoms with Crippen LogP contribution in [-0.2, 0) is 6.54 Å². The zero-order valence-corrected chi connectivity index (χ0v) is 8.96. The Kier molecular flexibility index (Phi) is 2.55. The number of nitrogens with one attached hydrogen (secondary N) is 1. The van der Waals surface area contributed by atoms with E-state index in [0.29, 0.717) is 5.41 Å². The lowest BCUT2D eigenvalue weighted by atomic mass is 9.68. The molecule has 76 valence electrons. The Bertz CT molecular complexity index is 284. The van der Waals surface area contributed by atoms with Crippen molar-refractivity contribution in [2.24, 2.45) is 5.41 Å². The summed E-state index contributed by atoms with van der Waals surface area (Å²) in [4.78, 5) is 4.00. The van der Waals surface area contributed by atoms with Crippen molar-refractivity contribution in [1.29, 1.82) is 0 Å². The van der Waals surface area contributed by atoms with Gasteiger partial charge in [0.15, 0.2) is 0 Å². The number of hydrogen-bond acceptors (Lipinski definition) is 2. The van der Waals surface area contributed by atoms with E-state index in [4.69, 9.17) is 0 Å². The van der Waals surface area contributed by atoms with Crippen molar-refractivity contribution < 1.29 is 0 Å². The second kappa shape index (κ2) is 3.70. The zero-order chi connectivity index (χ0) is 10.0. The Labute approximate surface area is 85.7 Å². The van der Waals surface area contributed by atoms with E-state index in [1.54, 1.807) is 0 Å². The van der Waals surface area contributed by atoms with E-state index in [9.17, 15) is 0 Å². The Hall–Kier alpha value is -0.890. The normalized spacial score (nSPS) is 20.4. The molecule has 1 heterocycles. The minimum absolute atomic E-state index is 0.565. The van der Waals surface area contributed by atoms with Crippen molar-refractivity contribution >= 4 is 0 Å². The van der Waals surface area contributed by atoms with Crippen LogP contribution < -0.4 is 5.32 Å². The van der Waals surface area contributed by atoms with E-state index in [2.05, 4.69) is 36.3 Å². The number of hydrogen-bond donors (Lipinski definition) is 1. The maximum absolute atomic E-state index is 4.00. The maximum Gasteiger partial charge on any atom is 0.0271 e. The molecule has 0 saturated heterocycles. The van der Waals surface area contributed by atoms with E-state index < -0.39 is 0 Å². The third kappa shape index (κ3) is 2.32. The molecule has 0 spiro atoms. The Morgan fingerprint density at radius 3 is 2.57 bits per heavy atom. The summed E-state index contributed by atoms with van der Waals surface area (Å²) in [6.45, 7) is 5.64. The van der Waals surface area contributed by atoms with Crippen LogP contribution in [0.5, 0.6) is 0 Å². The molecule has 0 bridgehead atoms. The highest BCUT2D eigenvalue weighted by atomic mass is 14.9. The predicted octanol–water partition coefficient (Wildman–Crippen LogP) is 2.36. The highest BCUT2D eigenvalue weighted by molar-refractivity contribution is 5.09. The minimum Gasteiger partial charge on any atom is -0.310 e. The predicted molar refractivity (Wildman–Crippen MR) is 57.9 cm³/mol. The summed E-state index contributed by atoms with van der Waals surface area (Å²) in [7, 11) is 0. The first-order valence-electron chi connectivity index (χ1n) is 5.28. The number of rotatable bonds is 3. The molecule has 1 N–H and O–H groups in total. The average Bonchev–Trinajstić information content (AvgIpc) is 2.13. The van der Waals surface area contributed by atoms with Crippen molar-refractivity contribution in [2.45, 2.75) is 39.3 Å². The SMILES string of the molecule is CC1(C)CC(NCc2ccncc2)C1. The Balaban J connectivity index is 1.75. The highest BCUT2D eigenvalue weighted by Crippen LogP contribution is 2.39. The first kappa shape index (κ1) is 9.66. The molecule has 1 saturated carbocycles. The first-order chi connectivity index (χ1) is 6.66. The number of aromatic nitrogens is 1. The van der Waals surface area contributed by atoms with Crippen LogP contribution in [0, 0.1) is 5.41 Å². The summed E-state index contributed by atoms with van der Waals surface area (Å²) in [5, 5.41) is 3.56. The quantitative estimate of drug-likeness (QED) is 0.791. The molecule has 1 fully saturated rings. The molecule has 14 heavy (non-hydrogen) atoms. The first-order valence-corrected chi connectivity index (χ1v) is 5.28. The van der Waals surface area contributed by atoms with Gasteiger partial charge in [0.1, 0.15) is 0 Å². The fraction of sp³-hybridized carbons (Fsp3) is 0.583. The number of nitrogens with zero attached hydrogens (tertiary/aromatic N) is 1. The topological polar surface area (TPSA) is 24.9 Å². The van der Waals surface area contributed by atoms with Crippen LogP contribution in [0.25, 0.3) is 0 Å². The molecule has 1 aromatic rings. The van der Waals surface area contributed by atoms with Crippen LogP contribution in [0.4, 0.5) is 0 Å². The summed E-state index contributed by atoms with van der Waals surface area (Å²) in [5.74, 6) is 0. The van der Waals surface area contributed by atoms with E-state index in [-0.39, 0.29) is 0 Å². The monoisotopic (exact) mass is 190 g/mol. The van der Waals surface area contributed by atoms with E-state index in [1.165, 1.54) is 18.4 Å². The summed E-state index contributed by atoms with van der Waals surface area (Å²) in [5.41, 5.74) is 1.89. The zero-order valence-electron chi connectivity index (χ0n) is 8.96. The average molecular weight is 190 g/mol. The molecule has 2 nitrogen and oxygen atoms in total. The van der Waals surface area contributed by atoms with Gasteiger partial charge < -0.3 is 5.32 Å². The molecule has 0 radical (unpaired) electrons. The molecular weight excluding hydrogens is 172 g/mol. The van der Waals surface area contributed by atoms with Crippen LogP contribution >= 0.6 is 0 Å². The smallest absolute Gasteiger partial charge is 0.0271 e. The van der Waals surface area contributed by atoms with Gasteiger partial charge in [0.05, 0.1) is 0 Å². The fourth-order valence-electron chi connectivity index (χ4n) is 2.18. The van der Waals surface area contributed by atoms with E-state index in [0.717, 1.165) is 12.6 Å². The van der Waals surface area contributed by atoms with Crippen molar-refractivity contribution in [3.8, 4) is 0 Å². The van der Waals surface area contributed by atoms with E-state index >= 15 is 0 Å². The number of pyridine rings is 1. The van der Waals surface area contributed by atoms with Gasteiger partial charge in [-0.1, -0.05) is 13.8 Å². The Morgan fingerprint density at radius 2 is 2.00 bits per heavy atom. The molecule has 1 aliphatic carbocycles. The van der Waals surface area contributed by atoms with Gasteiger partial charge in [-0.15, -0.1) is 0 Å². The molecule has 0 aromatic carbocycles. The lowest BCUT2D eigenvalue weighted by Crippen LogP contribution is -2.45. The van der Waals surface area contributed by atoms with Crippen molar-refractivity contribution in [3.05, 3.63) is 30.1 Å². The van der Waals surface area contributed by atoms with Crippen LogP contribution in [-0.4, -0.2) is 11.0 Å². The fourth-order valence-corrected chi connectivity index (χ4v) is 2.18. The third-order valence-electron chi connectivity index (χ3n) is 2.94. The molecule has 2 heteroatoms. The molecule has 2 rings (SSSR count). The van der Waals surface area contributed by atoms with Gasteiger partial charge in [-0.05, 0) is 36.0 Å². The van der Waals surface area contributed by atoms with Crippen molar-refractivity contribution in [1.82, 2.24) is 10.3 Å². The molecule has 0 aliphatic heterocycles. The summed E-state index contributed by atoms with van der Waals surface area (Å²) < 4.78 is 0. The van der Waals surface area contributed by atoms with Crippen LogP contribution in [0.1, 0.15) is 32.3 Å². The summed E-state index contributed by atoms with van der Waals surface area (Å²) >= 11 is 0.